The smallest absolute Gasteiger partial charge is 0.231 e. The summed E-state index contributed by atoms with van der Waals surface area (Å²) in [7, 11) is 0. The SMILES string of the molecule is N#CC1(NC(=O)CSc2cc(N)cc(F)c2)CCCC1. The van der Waals surface area contributed by atoms with Crippen molar-refractivity contribution in [3.05, 3.63) is 24.0 Å². The van der Waals surface area contributed by atoms with E-state index in [9.17, 15) is 14.4 Å². The molecule has 1 aliphatic rings. The maximum atomic E-state index is 13.2. The predicted octanol–water partition coefficient (Wildman–Crippen LogP) is 2.45. The molecule has 0 spiro atoms. The first-order valence-electron chi connectivity index (χ1n) is 6.44. The number of nitriles is 1. The molecule has 1 saturated carbocycles. The van der Waals surface area contributed by atoms with Crippen LogP contribution in [0.4, 0.5) is 10.1 Å². The monoisotopic (exact) mass is 293 g/mol. The first kappa shape index (κ1) is 14.7. The summed E-state index contributed by atoms with van der Waals surface area (Å²) in [5.41, 5.74) is 5.16. The largest absolute Gasteiger partial charge is 0.399 e. The van der Waals surface area contributed by atoms with Crippen LogP contribution in [0.15, 0.2) is 23.1 Å². The number of hydrogen-bond donors (Lipinski definition) is 2. The highest BCUT2D eigenvalue weighted by atomic mass is 32.2. The zero-order valence-corrected chi connectivity index (χ0v) is 11.8. The molecular formula is C14H16FN3OS. The van der Waals surface area contributed by atoms with Crippen molar-refractivity contribution >= 4 is 23.4 Å². The van der Waals surface area contributed by atoms with E-state index in [0.29, 0.717) is 23.4 Å². The van der Waals surface area contributed by atoms with Crippen molar-refractivity contribution in [1.82, 2.24) is 5.32 Å². The van der Waals surface area contributed by atoms with Crippen LogP contribution in [0.25, 0.3) is 0 Å². The third-order valence-electron chi connectivity index (χ3n) is 3.31. The number of nitrogens with zero attached hydrogens (tertiary/aromatic N) is 1. The molecule has 1 aliphatic carbocycles. The van der Waals surface area contributed by atoms with Crippen molar-refractivity contribution in [3.63, 3.8) is 0 Å². The number of benzene rings is 1. The lowest BCUT2D eigenvalue weighted by Crippen LogP contribution is -2.45. The van der Waals surface area contributed by atoms with Gasteiger partial charge in [-0.15, -0.1) is 11.8 Å². The van der Waals surface area contributed by atoms with E-state index < -0.39 is 11.4 Å². The Morgan fingerprint density at radius 2 is 2.15 bits per heavy atom. The Morgan fingerprint density at radius 3 is 2.75 bits per heavy atom. The topological polar surface area (TPSA) is 78.9 Å². The van der Waals surface area contributed by atoms with Crippen LogP contribution in [-0.2, 0) is 4.79 Å². The number of rotatable bonds is 4. The predicted molar refractivity (Wildman–Crippen MR) is 76.5 cm³/mol. The van der Waals surface area contributed by atoms with E-state index >= 15 is 0 Å². The van der Waals surface area contributed by atoms with Crippen molar-refractivity contribution in [2.24, 2.45) is 0 Å². The molecule has 1 aromatic rings. The van der Waals surface area contributed by atoms with Crippen molar-refractivity contribution in [1.29, 1.82) is 5.26 Å². The normalized spacial score (nSPS) is 16.6. The van der Waals surface area contributed by atoms with Gasteiger partial charge in [-0.05, 0) is 43.9 Å². The first-order chi connectivity index (χ1) is 9.53. The molecule has 1 amide bonds. The van der Waals surface area contributed by atoms with E-state index in [4.69, 9.17) is 5.73 Å². The second-order valence-corrected chi connectivity index (χ2v) is 6.01. The number of anilines is 1. The van der Waals surface area contributed by atoms with Gasteiger partial charge in [-0.25, -0.2) is 4.39 Å². The molecule has 20 heavy (non-hydrogen) atoms. The van der Waals surface area contributed by atoms with Crippen molar-refractivity contribution in [2.45, 2.75) is 36.1 Å². The number of nitrogen functional groups attached to an aromatic ring is 1. The van der Waals surface area contributed by atoms with Crippen LogP contribution in [0, 0.1) is 17.1 Å². The van der Waals surface area contributed by atoms with Crippen LogP contribution in [-0.4, -0.2) is 17.2 Å². The third kappa shape index (κ3) is 3.64. The maximum Gasteiger partial charge on any atom is 0.231 e. The number of carbonyl (C=O) groups is 1. The van der Waals surface area contributed by atoms with E-state index in [1.807, 2.05) is 0 Å². The van der Waals surface area contributed by atoms with Gasteiger partial charge < -0.3 is 11.1 Å². The Morgan fingerprint density at radius 1 is 1.45 bits per heavy atom. The van der Waals surface area contributed by atoms with Gasteiger partial charge in [-0.2, -0.15) is 5.26 Å². The molecule has 0 aromatic heterocycles. The zero-order chi connectivity index (χ0) is 14.6. The summed E-state index contributed by atoms with van der Waals surface area (Å²) in [6, 6.07) is 6.39. The molecule has 0 saturated heterocycles. The first-order valence-corrected chi connectivity index (χ1v) is 7.43. The van der Waals surface area contributed by atoms with Crippen LogP contribution >= 0.6 is 11.8 Å². The summed E-state index contributed by atoms with van der Waals surface area (Å²) >= 11 is 1.21. The fourth-order valence-corrected chi connectivity index (χ4v) is 3.15. The molecule has 0 heterocycles. The summed E-state index contributed by atoms with van der Waals surface area (Å²) in [5, 5.41) is 12.0. The maximum absolute atomic E-state index is 13.2. The fraction of sp³-hybridized carbons (Fsp3) is 0.429. The van der Waals surface area contributed by atoms with Gasteiger partial charge in [0, 0.05) is 10.6 Å². The van der Waals surface area contributed by atoms with E-state index in [2.05, 4.69) is 11.4 Å². The zero-order valence-electron chi connectivity index (χ0n) is 11.0. The summed E-state index contributed by atoms with van der Waals surface area (Å²) in [5.74, 6) is -0.481. The molecule has 0 atom stereocenters. The van der Waals surface area contributed by atoms with E-state index in [1.54, 1.807) is 6.07 Å². The standard InChI is InChI=1S/C14H16FN3OS/c15-10-5-11(17)7-12(6-10)20-8-13(19)18-14(9-16)3-1-2-4-14/h5-7H,1-4,8,17H2,(H,18,19). The van der Waals surface area contributed by atoms with Crippen LogP contribution < -0.4 is 11.1 Å². The molecule has 6 heteroatoms. The van der Waals surface area contributed by atoms with E-state index in [0.717, 1.165) is 12.8 Å². The average Bonchev–Trinajstić information content (AvgIpc) is 2.84. The van der Waals surface area contributed by atoms with E-state index in [-0.39, 0.29) is 11.7 Å². The summed E-state index contributed by atoms with van der Waals surface area (Å²) in [4.78, 5) is 12.5. The van der Waals surface area contributed by atoms with Gasteiger partial charge in [-0.1, -0.05) is 0 Å². The molecule has 0 bridgehead atoms. The van der Waals surface area contributed by atoms with Gasteiger partial charge >= 0.3 is 0 Å². The summed E-state index contributed by atoms with van der Waals surface area (Å²) < 4.78 is 13.2. The van der Waals surface area contributed by atoms with Gasteiger partial charge in [-0.3, -0.25) is 4.79 Å². The Labute approximate surface area is 121 Å². The van der Waals surface area contributed by atoms with Crippen molar-refractivity contribution in [2.75, 3.05) is 11.5 Å². The quantitative estimate of drug-likeness (QED) is 0.660. The lowest BCUT2D eigenvalue weighted by atomic mass is 10.0. The highest BCUT2D eigenvalue weighted by Crippen LogP contribution is 2.29. The molecular weight excluding hydrogens is 277 g/mol. The molecule has 4 nitrogen and oxygen atoms in total. The Hall–Kier alpha value is -1.74. The number of nitrogens with two attached hydrogens (primary N) is 1. The highest BCUT2D eigenvalue weighted by Gasteiger charge is 2.35. The van der Waals surface area contributed by atoms with Crippen LogP contribution in [0.3, 0.4) is 0 Å². The molecule has 0 aliphatic heterocycles. The molecule has 1 fully saturated rings. The van der Waals surface area contributed by atoms with Gasteiger partial charge in [0.25, 0.3) is 0 Å². The molecule has 2 rings (SSSR count). The summed E-state index contributed by atoms with van der Waals surface area (Å²) in [6.07, 6.45) is 3.32. The minimum absolute atomic E-state index is 0.145. The van der Waals surface area contributed by atoms with Gasteiger partial charge in [0.15, 0.2) is 0 Å². The van der Waals surface area contributed by atoms with Crippen LogP contribution in [0.5, 0.6) is 0 Å². The average molecular weight is 293 g/mol. The van der Waals surface area contributed by atoms with Crippen molar-refractivity contribution in [3.8, 4) is 6.07 Å². The van der Waals surface area contributed by atoms with Gasteiger partial charge in [0.1, 0.15) is 11.4 Å². The number of halogens is 1. The van der Waals surface area contributed by atoms with E-state index in [1.165, 1.54) is 23.9 Å². The Balaban J connectivity index is 1.90. The minimum atomic E-state index is -0.710. The fourth-order valence-electron chi connectivity index (χ4n) is 2.36. The second-order valence-electron chi connectivity index (χ2n) is 4.96. The number of carbonyl (C=O) groups excluding carboxylic acids is 1. The molecule has 3 N–H and O–H groups in total. The highest BCUT2D eigenvalue weighted by molar-refractivity contribution is 8.00. The second kappa shape index (κ2) is 6.14. The summed E-state index contributed by atoms with van der Waals surface area (Å²) in [6.45, 7) is 0. The third-order valence-corrected chi connectivity index (χ3v) is 4.29. The lowest BCUT2D eigenvalue weighted by molar-refractivity contribution is -0.119. The van der Waals surface area contributed by atoms with Crippen LogP contribution in [0.1, 0.15) is 25.7 Å². The number of hydrogen-bond acceptors (Lipinski definition) is 4. The van der Waals surface area contributed by atoms with Crippen molar-refractivity contribution < 1.29 is 9.18 Å². The number of thioether (sulfide) groups is 1. The van der Waals surface area contributed by atoms with Gasteiger partial charge in [0.05, 0.1) is 11.8 Å². The van der Waals surface area contributed by atoms with Crippen LogP contribution in [0.2, 0.25) is 0 Å². The number of nitrogens with one attached hydrogen (secondary N) is 1. The number of amides is 1. The Bertz CT molecular complexity index is 530. The Kier molecular flexibility index (Phi) is 4.50. The molecule has 1 aromatic carbocycles. The molecule has 0 unspecified atom stereocenters. The minimum Gasteiger partial charge on any atom is -0.399 e. The molecule has 0 radical (unpaired) electrons. The van der Waals surface area contributed by atoms with Gasteiger partial charge in [0.2, 0.25) is 5.91 Å². The lowest BCUT2D eigenvalue weighted by Gasteiger charge is -2.21. The molecule has 106 valence electrons.